The van der Waals surface area contributed by atoms with Crippen LogP contribution in [0.25, 0.3) is 22.2 Å². The maximum Gasteiger partial charge on any atom is 0.251 e. The first-order valence-corrected chi connectivity index (χ1v) is 12.2. The molecular weight excluding hydrogens is 470 g/mol. The Bertz CT molecular complexity index is 1400. The maximum absolute atomic E-state index is 12.3. The maximum atomic E-state index is 12.3. The van der Waals surface area contributed by atoms with Gasteiger partial charge in [-0.15, -0.1) is 0 Å². The quantitative estimate of drug-likeness (QED) is 0.334. The van der Waals surface area contributed by atoms with Crippen LogP contribution in [-0.4, -0.2) is 64.8 Å². The van der Waals surface area contributed by atoms with E-state index in [1.54, 1.807) is 31.6 Å². The molecule has 4 aromatic rings. The normalized spacial score (nSPS) is 17.9. The first kappa shape index (κ1) is 24.5. The fourth-order valence-electron chi connectivity index (χ4n) is 4.34. The van der Waals surface area contributed by atoms with Gasteiger partial charge in [0.15, 0.2) is 0 Å². The average molecular weight is 500 g/mol. The van der Waals surface area contributed by atoms with Crippen molar-refractivity contribution in [2.75, 3.05) is 32.1 Å². The number of nitrogens with zero attached hydrogens (tertiary/aromatic N) is 4. The number of para-hydroxylation sites is 1. The van der Waals surface area contributed by atoms with Gasteiger partial charge < -0.3 is 25.8 Å². The number of aromatic nitrogens is 4. The topological polar surface area (TPSA) is 137 Å². The number of benzene rings is 1. The van der Waals surface area contributed by atoms with E-state index >= 15 is 0 Å². The highest BCUT2D eigenvalue weighted by Gasteiger charge is 2.27. The van der Waals surface area contributed by atoms with Gasteiger partial charge in [-0.05, 0) is 17.7 Å². The largest absolute Gasteiger partial charge is 0.470 e. The lowest BCUT2D eigenvalue weighted by atomic mass is 9.96. The first-order chi connectivity index (χ1) is 18.0. The van der Waals surface area contributed by atoms with E-state index in [1.165, 1.54) is 6.33 Å². The van der Waals surface area contributed by atoms with Gasteiger partial charge in [0.2, 0.25) is 5.88 Å². The molecule has 0 aliphatic carbocycles. The van der Waals surface area contributed by atoms with Crippen LogP contribution >= 0.6 is 0 Å². The van der Waals surface area contributed by atoms with Crippen LogP contribution in [0.3, 0.4) is 0 Å². The fraction of sp³-hybridized carbons (Fsp3) is 0.296. The van der Waals surface area contributed by atoms with Gasteiger partial charge in [0.05, 0.1) is 36.0 Å². The van der Waals surface area contributed by atoms with E-state index in [4.69, 9.17) is 15.2 Å². The number of fused-ring (bicyclic) bond motifs is 1. The number of amides is 1. The molecule has 10 nitrogen and oxygen atoms in total. The lowest BCUT2D eigenvalue weighted by molar-refractivity contribution is 0.0964. The molecule has 1 aliphatic heterocycles. The second kappa shape index (κ2) is 10.9. The molecule has 4 N–H and O–H groups in total. The molecule has 0 unspecified atom stereocenters. The minimum atomic E-state index is -0.192. The third-order valence-electron chi connectivity index (χ3n) is 6.44. The average Bonchev–Trinajstić information content (AvgIpc) is 3.35. The Morgan fingerprint density at radius 1 is 1.16 bits per heavy atom. The molecule has 4 heterocycles. The van der Waals surface area contributed by atoms with Crippen LogP contribution in [0.15, 0.2) is 61.2 Å². The Morgan fingerprint density at radius 2 is 2.05 bits per heavy atom. The molecule has 37 heavy (non-hydrogen) atoms. The van der Waals surface area contributed by atoms with E-state index in [2.05, 4.69) is 37.5 Å². The van der Waals surface area contributed by atoms with Crippen molar-refractivity contribution >= 4 is 22.6 Å². The van der Waals surface area contributed by atoms with Crippen molar-refractivity contribution in [2.24, 2.45) is 5.73 Å². The van der Waals surface area contributed by atoms with E-state index in [1.807, 2.05) is 30.3 Å². The summed E-state index contributed by atoms with van der Waals surface area (Å²) in [6, 6.07) is 13.1. The SMILES string of the molecule is CNC(=O)c1ccnc2c([C@H](C)CNc3cc(-c4ccc(O[C@@H]5COC[C@H]5N)nc4)ncn3)cccc12. The van der Waals surface area contributed by atoms with Gasteiger partial charge in [-0.1, -0.05) is 25.1 Å². The van der Waals surface area contributed by atoms with Crippen molar-refractivity contribution in [3.63, 3.8) is 0 Å². The highest BCUT2D eigenvalue weighted by atomic mass is 16.6. The van der Waals surface area contributed by atoms with Crippen LogP contribution < -0.4 is 21.1 Å². The number of carbonyl (C=O) groups is 1. The van der Waals surface area contributed by atoms with Gasteiger partial charge in [-0.25, -0.2) is 15.0 Å². The molecule has 1 fully saturated rings. The Morgan fingerprint density at radius 3 is 2.81 bits per heavy atom. The fourth-order valence-corrected chi connectivity index (χ4v) is 4.34. The van der Waals surface area contributed by atoms with Crippen molar-refractivity contribution in [1.82, 2.24) is 25.3 Å². The molecule has 0 radical (unpaired) electrons. The van der Waals surface area contributed by atoms with Crippen LogP contribution in [0.5, 0.6) is 5.88 Å². The minimum Gasteiger partial charge on any atom is -0.470 e. The molecule has 0 spiro atoms. The summed E-state index contributed by atoms with van der Waals surface area (Å²) in [4.78, 5) is 30.0. The zero-order valence-corrected chi connectivity index (χ0v) is 20.7. The summed E-state index contributed by atoms with van der Waals surface area (Å²) in [6.45, 7) is 3.69. The van der Waals surface area contributed by atoms with Crippen molar-refractivity contribution in [3.8, 4) is 17.1 Å². The zero-order chi connectivity index (χ0) is 25.8. The van der Waals surface area contributed by atoms with Gasteiger partial charge in [0.25, 0.3) is 5.91 Å². The van der Waals surface area contributed by atoms with E-state index in [0.717, 1.165) is 27.7 Å². The van der Waals surface area contributed by atoms with Crippen LogP contribution in [0, 0.1) is 0 Å². The predicted octanol–water partition coefficient (Wildman–Crippen LogP) is 2.77. The van der Waals surface area contributed by atoms with Crippen molar-refractivity contribution in [2.45, 2.75) is 25.0 Å². The number of rotatable bonds is 8. The number of hydrogen-bond acceptors (Lipinski definition) is 9. The lowest BCUT2D eigenvalue weighted by Gasteiger charge is -2.16. The molecule has 5 rings (SSSR count). The minimum absolute atomic E-state index is 0.110. The first-order valence-electron chi connectivity index (χ1n) is 12.2. The number of nitrogens with two attached hydrogens (primary N) is 1. The van der Waals surface area contributed by atoms with Gasteiger partial charge in [0, 0.05) is 55.0 Å². The molecule has 1 saturated heterocycles. The summed E-state index contributed by atoms with van der Waals surface area (Å²) in [6.07, 6.45) is 4.73. The Kier molecular flexibility index (Phi) is 7.20. The second-order valence-corrected chi connectivity index (χ2v) is 8.99. The summed E-state index contributed by atoms with van der Waals surface area (Å²) in [5.41, 5.74) is 10.1. The highest BCUT2D eigenvalue weighted by molar-refractivity contribution is 6.06. The number of hydrogen-bond donors (Lipinski definition) is 3. The highest BCUT2D eigenvalue weighted by Crippen LogP contribution is 2.27. The lowest BCUT2D eigenvalue weighted by Crippen LogP contribution is -2.37. The van der Waals surface area contributed by atoms with E-state index < -0.39 is 0 Å². The van der Waals surface area contributed by atoms with Crippen molar-refractivity contribution in [1.29, 1.82) is 0 Å². The molecular formula is C27H29N7O3. The molecule has 10 heteroatoms. The van der Waals surface area contributed by atoms with E-state index in [9.17, 15) is 4.79 Å². The van der Waals surface area contributed by atoms with Crippen molar-refractivity contribution < 1.29 is 14.3 Å². The summed E-state index contributed by atoms with van der Waals surface area (Å²) in [5, 5.41) is 6.92. The molecule has 3 aromatic heterocycles. The van der Waals surface area contributed by atoms with Crippen molar-refractivity contribution in [3.05, 3.63) is 72.3 Å². The molecule has 1 aliphatic rings. The Labute approximate surface area is 214 Å². The third kappa shape index (κ3) is 5.35. The molecule has 1 aromatic carbocycles. The second-order valence-electron chi connectivity index (χ2n) is 8.99. The van der Waals surface area contributed by atoms with E-state index in [0.29, 0.717) is 37.0 Å². The number of nitrogens with one attached hydrogen (secondary N) is 2. The Hall–Kier alpha value is -4.15. The Balaban J connectivity index is 1.28. The van der Waals surface area contributed by atoms with Gasteiger partial charge in [-0.2, -0.15) is 0 Å². The molecule has 0 saturated carbocycles. The van der Waals surface area contributed by atoms with Crippen LogP contribution in [0.1, 0.15) is 28.8 Å². The molecule has 3 atom stereocenters. The molecule has 1 amide bonds. The van der Waals surface area contributed by atoms with E-state index in [-0.39, 0.29) is 24.0 Å². The monoisotopic (exact) mass is 499 g/mol. The van der Waals surface area contributed by atoms with Crippen LogP contribution in [-0.2, 0) is 4.74 Å². The summed E-state index contributed by atoms with van der Waals surface area (Å²) < 4.78 is 11.2. The number of ether oxygens (including phenoxy) is 2. The zero-order valence-electron chi connectivity index (χ0n) is 20.7. The summed E-state index contributed by atoms with van der Waals surface area (Å²) >= 11 is 0. The summed E-state index contributed by atoms with van der Waals surface area (Å²) in [7, 11) is 1.63. The summed E-state index contributed by atoms with van der Waals surface area (Å²) in [5.74, 6) is 1.18. The third-order valence-corrected chi connectivity index (χ3v) is 6.44. The van der Waals surface area contributed by atoms with Gasteiger partial charge >= 0.3 is 0 Å². The van der Waals surface area contributed by atoms with Gasteiger partial charge in [-0.3, -0.25) is 9.78 Å². The molecule has 0 bridgehead atoms. The van der Waals surface area contributed by atoms with Crippen LogP contribution in [0.4, 0.5) is 5.82 Å². The molecule has 190 valence electrons. The number of pyridine rings is 2. The van der Waals surface area contributed by atoms with Gasteiger partial charge in [0.1, 0.15) is 18.2 Å². The number of anilines is 1. The standard InChI is InChI=1S/C27H29N7O3/c1-16(18-4-3-5-19-20(27(35)29-2)8-9-30-26(18)19)11-31-24-10-22(33-15-34-24)17-6-7-25(32-12-17)37-23-14-36-13-21(23)28/h3-10,12,15-16,21,23H,11,13-14,28H2,1-2H3,(H,29,35)(H,31,33,34)/t16-,21-,23-/m1/s1. The predicted molar refractivity (Wildman–Crippen MR) is 141 cm³/mol. The number of carbonyl (C=O) groups excluding carboxylic acids is 1. The smallest absolute Gasteiger partial charge is 0.251 e. The van der Waals surface area contributed by atoms with Crippen LogP contribution in [0.2, 0.25) is 0 Å².